The Bertz CT molecular complexity index is 1520. The van der Waals surface area contributed by atoms with Crippen LogP contribution in [0.4, 0.5) is 5.69 Å². The number of fused-ring (bicyclic) bond motifs is 1. The Balaban J connectivity index is 1.52. The van der Waals surface area contributed by atoms with Crippen LogP contribution >= 0.6 is 0 Å². The molecular weight excluding hydrogens is 476 g/mol. The summed E-state index contributed by atoms with van der Waals surface area (Å²) in [6.45, 7) is 3.35. The van der Waals surface area contributed by atoms with Gasteiger partial charge in [-0.15, -0.1) is 0 Å². The minimum Gasteiger partial charge on any atom is -0.496 e. The number of methoxy groups -OCH3 is 1. The summed E-state index contributed by atoms with van der Waals surface area (Å²) in [5, 5.41) is 21.1. The first kappa shape index (κ1) is 24.0. The monoisotopic (exact) mass is 500 g/mol. The number of amides is 2. The van der Waals surface area contributed by atoms with Crippen molar-refractivity contribution in [3.63, 3.8) is 0 Å². The summed E-state index contributed by atoms with van der Waals surface area (Å²) in [4.78, 5) is 32.3. The Morgan fingerprint density at radius 2 is 2.22 bits per heavy atom. The number of benzene rings is 1. The maximum Gasteiger partial charge on any atom is 0.261 e. The molecule has 1 N–H and O–H groups in total. The van der Waals surface area contributed by atoms with Gasteiger partial charge in [0.25, 0.3) is 5.91 Å². The van der Waals surface area contributed by atoms with E-state index in [9.17, 15) is 14.9 Å². The second kappa shape index (κ2) is 10.1. The molecule has 1 aromatic carbocycles. The smallest absolute Gasteiger partial charge is 0.261 e. The molecule has 1 atom stereocenters. The maximum absolute atomic E-state index is 13.3. The van der Waals surface area contributed by atoms with Crippen LogP contribution in [0.1, 0.15) is 22.8 Å². The summed E-state index contributed by atoms with van der Waals surface area (Å²) in [6.07, 6.45) is 6.29. The second-order valence-electron chi connectivity index (χ2n) is 8.53. The standard InChI is InChI=1S/C25H24N8O4/c1-16-15-37-9-8-32(16)22(34)14-31-13-20(23(30-31)18-10-17(11-26)4-5-21(18)36-2)29-25(35)19-12-28-33-7-3-6-27-24(19)33/h3-7,10,12-13,16H,8-9,14-15H2,1-2H3,(H,29,35). The van der Waals surface area contributed by atoms with E-state index in [0.29, 0.717) is 53.7 Å². The van der Waals surface area contributed by atoms with Crippen LogP contribution in [0.25, 0.3) is 16.9 Å². The average Bonchev–Trinajstić information content (AvgIpc) is 3.52. The van der Waals surface area contributed by atoms with Crippen LogP contribution in [0.5, 0.6) is 5.75 Å². The number of nitrogens with zero attached hydrogens (tertiary/aromatic N) is 7. The topological polar surface area (TPSA) is 140 Å². The highest BCUT2D eigenvalue weighted by atomic mass is 16.5. The van der Waals surface area contributed by atoms with E-state index in [1.807, 2.05) is 6.92 Å². The first-order valence-electron chi connectivity index (χ1n) is 11.6. The highest BCUT2D eigenvalue weighted by Crippen LogP contribution is 2.35. The number of anilines is 1. The Morgan fingerprint density at radius 1 is 1.35 bits per heavy atom. The third-order valence-corrected chi connectivity index (χ3v) is 6.10. The first-order chi connectivity index (χ1) is 18.0. The van der Waals surface area contributed by atoms with Gasteiger partial charge in [0, 0.05) is 30.7 Å². The van der Waals surface area contributed by atoms with Gasteiger partial charge in [-0.25, -0.2) is 9.50 Å². The molecule has 1 aliphatic heterocycles. The third-order valence-electron chi connectivity index (χ3n) is 6.10. The second-order valence-corrected chi connectivity index (χ2v) is 8.53. The Labute approximate surface area is 212 Å². The zero-order valence-corrected chi connectivity index (χ0v) is 20.3. The SMILES string of the molecule is COc1ccc(C#N)cc1-c1nn(CC(=O)N2CCOCC2C)cc1NC(=O)c1cnn2cccnc12. The molecular formula is C25H24N8O4. The highest BCUT2D eigenvalue weighted by Gasteiger charge is 2.26. The quantitative estimate of drug-likeness (QED) is 0.424. The number of hydrogen-bond acceptors (Lipinski definition) is 8. The fraction of sp³-hybridized carbons (Fsp3) is 0.280. The first-order valence-corrected chi connectivity index (χ1v) is 11.6. The summed E-state index contributed by atoms with van der Waals surface area (Å²) < 4.78 is 13.9. The molecule has 3 aromatic heterocycles. The fourth-order valence-electron chi connectivity index (χ4n) is 4.26. The largest absolute Gasteiger partial charge is 0.496 e. The van der Waals surface area contributed by atoms with Gasteiger partial charge in [0.05, 0.1) is 49.9 Å². The number of carbonyl (C=O) groups excluding carboxylic acids is 2. The Hall–Kier alpha value is -4.76. The van der Waals surface area contributed by atoms with Gasteiger partial charge in [0.15, 0.2) is 5.65 Å². The third kappa shape index (κ3) is 4.72. The summed E-state index contributed by atoms with van der Waals surface area (Å²) in [5.74, 6) is -0.101. The fourth-order valence-corrected chi connectivity index (χ4v) is 4.26. The van der Waals surface area contributed by atoms with Crippen LogP contribution in [0, 0.1) is 11.3 Å². The molecule has 188 valence electrons. The van der Waals surface area contributed by atoms with E-state index in [0.717, 1.165) is 0 Å². The number of hydrogen-bond donors (Lipinski definition) is 1. The van der Waals surface area contributed by atoms with Crippen LogP contribution in [-0.2, 0) is 16.1 Å². The van der Waals surface area contributed by atoms with Crippen LogP contribution in [0.2, 0.25) is 0 Å². The van der Waals surface area contributed by atoms with E-state index in [2.05, 4.69) is 26.6 Å². The van der Waals surface area contributed by atoms with E-state index in [-0.39, 0.29) is 24.1 Å². The van der Waals surface area contributed by atoms with Gasteiger partial charge >= 0.3 is 0 Å². The van der Waals surface area contributed by atoms with Crippen molar-refractivity contribution in [3.05, 3.63) is 60.2 Å². The molecule has 1 unspecified atom stereocenters. The van der Waals surface area contributed by atoms with Gasteiger partial charge in [-0.2, -0.15) is 15.5 Å². The molecule has 4 aromatic rings. The molecule has 0 spiro atoms. The molecule has 1 fully saturated rings. The molecule has 5 rings (SSSR count). The average molecular weight is 501 g/mol. The van der Waals surface area contributed by atoms with Crippen molar-refractivity contribution in [2.75, 3.05) is 32.2 Å². The molecule has 37 heavy (non-hydrogen) atoms. The van der Waals surface area contributed by atoms with Crippen molar-refractivity contribution in [2.24, 2.45) is 0 Å². The molecule has 12 nitrogen and oxygen atoms in total. The van der Waals surface area contributed by atoms with Gasteiger partial charge in [0.2, 0.25) is 5.91 Å². The molecule has 1 aliphatic rings. The van der Waals surface area contributed by atoms with Crippen molar-refractivity contribution < 1.29 is 19.1 Å². The van der Waals surface area contributed by atoms with E-state index in [4.69, 9.17) is 9.47 Å². The number of rotatable bonds is 6. The lowest BCUT2D eigenvalue weighted by atomic mass is 10.1. The lowest BCUT2D eigenvalue weighted by Crippen LogP contribution is -2.48. The summed E-state index contributed by atoms with van der Waals surface area (Å²) >= 11 is 0. The van der Waals surface area contributed by atoms with Gasteiger partial charge in [-0.05, 0) is 31.2 Å². The predicted octanol–water partition coefficient (Wildman–Crippen LogP) is 1.97. The van der Waals surface area contributed by atoms with Crippen molar-refractivity contribution in [1.82, 2.24) is 29.3 Å². The van der Waals surface area contributed by atoms with Gasteiger partial charge in [-0.1, -0.05) is 0 Å². The van der Waals surface area contributed by atoms with E-state index in [1.165, 1.54) is 22.5 Å². The van der Waals surface area contributed by atoms with Crippen molar-refractivity contribution >= 4 is 23.1 Å². The van der Waals surface area contributed by atoms with Crippen LogP contribution in [0.3, 0.4) is 0 Å². The lowest BCUT2D eigenvalue weighted by Gasteiger charge is -2.33. The summed E-state index contributed by atoms with van der Waals surface area (Å²) in [5.41, 5.74) is 2.27. The molecule has 0 bridgehead atoms. The summed E-state index contributed by atoms with van der Waals surface area (Å²) in [6, 6.07) is 8.69. The molecule has 1 saturated heterocycles. The number of nitrogens with one attached hydrogen (secondary N) is 1. The highest BCUT2D eigenvalue weighted by molar-refractivity contribution is 6.09. The minimum absolute atomic E-state index is 0.0360. The lowest BCUT2D eigenvalue weighted by molar-refractivity contribution is -0.139. The van der Waals surface area contributed by atoms with Crippen molar-refractivity contribution in [3.8, 4) is 23.1 Å². The van der Waals surface area contributed by atoms with E-state index >= 15 is 0 Å². The minimum atomic E-state index is -0.446. The zero-order chi connectivity index (χ0) is 25.9. The van der Waals surface area contributed by atoms with Crippen LogP contribution in [0.15, 0.2) is 49.1 Å². The van der Waals surface area contributed by atoms with Gasteiger partial charge < -0.3 is 19.7 Å². The predicted molar refractivity (Wildman–Crippen MR) is 132 cm³/mol. The molecule has 4 heterocycles. The Kier molecular flexibility index (Phi) is 6.53. The summed E-state index contributed by atoms with van der Waals surface area (Å²) in [7, 11) is 1.51. The van der Waals surface area contributed by atoms with Gasteiger partial charge in [0.1, 0.15) is 23.6 Å². The van der Waals surface area contributed by atoms with Gasteiger partial charge in [-0.3, -0.25) is 14.3 Å². The normalized spacial score (nSPS) is 15.4. The number of morpholine rings is 1. The van der Waals surface area contributed by atoms with Crippen LogP contribution in [-0.4, -0.2) is 74.0 Å². The molecule has 0 aliphatic carbocycles. The zero-order valence-electron chi connectivity index (χ0n) is 20.3. The number of ether oxygens (including phenoxy) is 2. The van der Waals surface area contributed by atoms with Crippen LogP contribution < -0.4 is 10.1 Å². The molecule has 2 amide bonds. The number of nitriles is 1. The molecule has 0 radical (unpaired) electrons. The van der Waals surface area contributed by atoms with E-state index < -0.39 is 5.91 Å². The number of carbonyl (C=O) groups is 2. The maximum atomic E-state index is 13.3. The van der Waals surface area contributed by atoms with Crippen molar-refractivity contribution in [1.29, 1.82) is 5.26 Å². The van der Waals surface area contributed by atoms with Crippen molar-refractivity contribution in [2.45, 2.75) is 19.5 Å². The number of aromatic nitrogens is 5. The van der Waals surface area contributed by atoms with E-state index in [1.54, 1.807) is 47.8 Å². The molecule has 12 heteroatoms. The Morgan fingerprint density at radius 3 is 3.00 bits per heavy atom. The molecule has 0 saturated carbocycles.